The smallest absolute Gasteiger partial charge is 0.313 e. The number of rotatable bonds is 5. The highest BCUT2D eigenvalue weighted by Gasteiger charge is 2.28. The number of nitrogens with zero attached hydrogens (tertiary/aromatic N) is 1. The molecule has 0 aromatic heterocycles. The number of nitrogens with one attached hydrogen (secondary N) is 2. The van der Waals surface area contributed by atoms with Crippen molar-refractivity contribution >= 4 is 33.2 Å². The van der Waals surface area contributed by atoms with E-state index in [0.717, 1.165) is 11.1 Å². The first-order chi connectivity index (χ1) is 15.4. The van der Waals surface area contributed by atoms with Gasteiger partial charge in [-0.05, 0) is 35.7 Å². The summed E-state index contributed by atoms with van der Waals surface area (Å²) in [4.78, 5) is 25.3. The summed E-state index contributed by atoms with van der Waals surface area (Å²) in [6.07, 6.45) is 0.557. The Kier molecular flexibility index (Phi) is 6.23. The van der Waals surface area contributed by atoms with E-state index in [9.17, 15) is 18.0 Å². The van der Waals surface area contributed by atoms with Crippen LogP contribution >= 0.6 is 0 Å². The molecule has 0 spiro atoms. The highest BCUT2D eigenvalue weighted by molar-refractivity contribution is 7.93. The topological polar surface area (TPSA) is 95.6 Å². The molecule has 7 nitrogen and oxygen atoms in total. The van der Waals surface area contributed by atoms with Crippen molar-refractivity contribution in [3.05, 3.63) is 96.1 Å². The molecule has 3 aromatic carbocycles. The molecule has 3 aromatic rings. The Bertz CT molecular complexity index is 1170. The van der Waals surface area contributed by atoms with Gasteiger partial charge in [0.1, 0.15) is 0 Å². The average Bonchev–Trinajstić information content (AvgIpc) is 3.17. The number of benzene rings is 3. The quantitative estimate of drug-likeness (QED) is 0.585. The Balaban J connectivity index is 1.50. The van der Waals surface area contributed by atoms with Gasteiger partial charge in [-0.15, -0.1) is 0 Å². The summed E-state index contributed by atoms with van der Waals surface area (Å²) >= 11 is 0. The van der Waals surface area contributed by atoms with Crippen molar-refractivity contribution in [3.63, 3.8) is 0 Å². The molecule has 32 heavy (non-hydrogen) atoms. The van der Waals surface area contributed by atoms with Crippen molar-refractivity contribution in [1.82, 2.24) is 5.32 Å². The van der Waals surface area contributed by atoms with Gasteiger partial charge in [-0.1, -0.05) is 66.7 Å². The minimum atomic E-state index is -3.34. The van der Waals surface area contributed by atoms with Crippen molar-refractivity contribution in [3.8, 4) is 0 Å². The second kappa shape index (κ2) is 9.23. The lowest BCUT2D eigenvalue weighted by Crippen LogP contribution is -2.38. The number of hydrogen-bond acceptors (Lipinski definition) is 4. The number of carbonyl (C=O) groups is 2. The highest BCUT2D eigenvalue weighted by atomic mass is 32.2. The van der Waals surface area contributed by atoms with Crippen molar-refractivity contribution in [2.24, 2.45) is 0 Å². The zero-order valence-corrected chi connectivity index (χ0v) is 18.1. The van der Waals surface area contributed by atoms with E-state index in [1.54, 1.807) is 24.3 Å². The number of anilines is 2. The SMILES string of the molecule is O=C(Nc1cccc(N2CCCS2(=O)=O)c1)C(=O)NC(c1ccccc1)c1ccccc1. The van der Waals surface area contributed by atoms with E-state index in [1.165, 1.54) is 4.31 Å². The van der Waals surface area contributed by atoms with Crippen LogP contribution in [0.25, 0.3) is 0 Å². The lowest BCUT2D eigenvalue weighted by molar-refractivity contribution is -0.136. The standard InChI is InChI=1S/C24H23N3O4S/c28-23(25-20-13-7-14-21(17-20)27-15-8-16-32(27,30)31)24(29)26-22(18-9-3-1-4-10-18)19-11-5-2-6-12-19/h1-7,9-14,17,22H,8,15-16H2,(H,25,28)(H,26,29). The number of amides is 2. The lowest BCUT2D eigenvalue weighted by atomic mass is 9.99. The molecule has 0 atom stereocenters. The maximum atomic E-state index is 12.7. The van der Waals surface area contributed by atoms with E-state index in [4.69, 9.17) is 0 Å². The first-order valence-electron chi connectivity index (χ1n) is 10.3. The van der Waals surface area contributed by atoms with Crippen LogP contribution in [0.5, 0.6) is 0 Å². The number of hydrogen-bond donors (Lipinski definition) is 2. The predicted octanol–water partition coefficient (Wildman–Crippen LogP) is 3.07. The second-order valence-corrected chi connectivity index (χ2v) is 9.49. The summed E-state index contributed by atoms with van der Waals surface area (Å²) in [6, 6.07) is 24.8. The van der Waals surface area contributed by atoms with Crippen molar-refractivity contribution < 1.29 is 18.0 Å². The van der Waals surface area contributed by atoms with E-state index < -0.39 is 27.9 Å². The average molecular weight is 450 g/mol. The van der Waals surface area contributed by atoms with Crippen LogP contribution in [0.2, 0.25) is 0 Å². The zero-order chi connectivity index (χ0) is 22.6. The highest BCUT2D eigenvalue weighted by Crippen LogP contribution is 2.26. The number of sulfonamides is 1. The Morgan fingerprint density at radius 2 is 1.44 bits per heavy atom. The minimum absolute atomic E-state index is 0.104. The van der Waals surface area contributed by atoms with Crippen LogP contribution in [-0.2, 0) is 19.6 Å². The van der Waals surface area contributed by atoms with Gasteiger partial charge in [0.05, 0.1) is 17.5 Å². The van der Waals surface area contributed by atoms with Crippen molar-refractivity contribution in [2.75, 3.05) is 21.9 Å². The third kappa shape index (κ3) is 4.81. The van der Waals surface area contributed by atoms with E-state index in [1.807, 2.05) is 60.7 Å². The van der Waals surface area contributed by atoms with Crippen LogP contribution in [0.15, 0.2) is 84.9 Å². The first kappa shape index (κ1) is 21.6. The summed E-state index contributed by atoms with van der Waals surface area (Å²) in [7, 11) is -3.34. The van der Waals surface area contributed by atoms with Gasteiger partial charge < -0.3 is 10.6 Å². The van der Waals surface area contributed by atoms with E-state index in [2.05, 4.69) is 10.6 Å². The molecule has 1 heterocycles. The third-order valence-electron chi connectivity index (χ3n) is 5.24. The molecule has 164 valence electrons. The molecule has 2 N–H and O–H groups in total. The van der Waals surface area contributed by atoms with Crippen LogP contribution < -0.4 is 14.9 Å². The summed E-state index contributed by atoms with van der Waals surface area (Å²) in [6.45, 7) is 0.399. The molecule has 8 heteroatoms. The Morgan fingerprint density at radius 1 is 0.812 bits per heavy atom. The number of carbonyl (C=O) groups excluding carboxylic acids is 2. The van der Waals surface area contributed by atoms with Gasteiger partial charge in [0, 0.05) is 12.2 Å². The van der Waals surface area contributed by atoms with Crippen LogP contribution in [0, 0.1) is 0 Å². The fourth-order valence-corrected chi connectivity index (χ4v) is 5.26. The molecule has 1 saturated heterocycles. The molecular weight excluding hydrogens is 426 g/mol. The monoisotopic (exact) mass is 449 g/mol. The molecule has 0 aliphatic carbocycles. The molecule has 1 aliphatic heterocycles. The minimum Gasteiger partial charge on any atom is -0.337 e. The van der Waals surface area contributed by atoms with Crippen LogP contribution in [0.3, 0.4) is 0 Å². The maximum Gasteiger partial charge on any atom is 0.313 e. The largest absolute Gasteiger partial charge is 0.337 e. The van der Waals surface area contributed by atoms with Crippen LogP contribution in [-0.4, -0.2) is 32.5 Å². The molecule has 2 amide bonds. The van der Waals surface area contributed by atoms with Crippen LogP contribution in [0.4, 0.5) is 11.4 Å². The first-order valence-corrected chi connectivity index (χ1v) is 11.9. The molecule has 4 rings (SSSR count). The zero-order valence-electron chi connectivity index (χ0n) is 17.3. The molecular formula is C24H23N3O4S. The van der Waals surface area contributed by atoms with Gasteiger partial charge >= 0.3 is 11.8 Å². The van der Waals surface area contributed by atoms with Gasteiger partial charge in [0.2, 0.25) is 10.0 Å². The van der Waals surface area contributed by atoms with E-state index >= 15 is 0 Å². The normalized spacial score (nSPS) is 14.8. The predicted molar refractivity (Wildman–Crippen MR) is 124 cm³/mol. The van der Waals surface area contributed by atoms with Gasteiger partial charge in [-0.25, -0.2) is 8.42 Å². The summed E-state index contributed by atoms with van der Waals surface area (Å²) < 4.78 is 25.7. The summed E-state index contributed by atoms with van der Waals surface area (Å²) in [5.74, 6) is -1.52. The van der Waals surface area contributed by atoms with Crippen molar-refractivity contribution in [2.45, 2.75) is 12.5 Å². The summed E-state index contributed by atoms with van der Waals surface area (Å²) in [5.41, 5.74) is 2.51. The fraction of sp³-hybridized carbons (Fsp3) is 0.167. The van der Waals surface area contributed by atoms with Crippen LogP contribution in [0.1, 0.15) is 23.6 Å². The Morgan fingerprint density at radius 3 is 2.00 bits per heavy atom. The lowest BCUT2D eigenvalue weighted by Gasteiger charge is -2.20. The van der Waals surface area contributed by atoms with E-state index in [-0.39, 0.29) is 5.75 Å². The second-order valence-electron chi connectivity index (χ2n) is 7.47. The van der Waals surface area contributed by atoms with E-state index in [0.29, 0.717) is 24.3 Å². The van der Waals surface area contributed by atoms with Gasteiger partial charge in [0.15, 0.2) is 0 Å². The van der Waals surface area contributed by atoms with Crippen molar-refractivity contribution in [1.29, 1.82) is 0 Å². The third-order valence-corrected chi connectivity index (χ3v) is 7.11. The van der Waals surface area contributed by atoms with Gasteiger partial charge in [0.25, 0.3) is 0 Å². The van der Waals surface area contributed by atoms with Gasteiger partial charge in [-0.3, -0.25) is 13.9 Å². The fourth-order valence-electron chi connectivity index (χ4n) is 3.70. The maximum absolute atomic E-state index is 12.7. The molecule has 0 saturated carbocycles. The summed E-state index contributed by atoms with van der Waals surface area (Å²) in [5, 5.41) is 5.36. The molecule has 0 radical (unpaired) electrons. The Labute approximate surface area is 187 Å². The van der Waals surface area contributed by atoms with Gasteiger partial charge in [-0.2, -0.15) is 0 Å². The Hall–Kier alpha value is -3.65. The molecule has 0 bridgehead atoms. The molecule has 1 fully saturated rings. The molecule has 0 unspecified atom stereocenters. The molecule has 1 aliphatic rings.